The van der Waals surface area contributed by atoms with Crippen molar-refractivity contribution in [2.75, 3.05) is 0 Å². The van der Waals surface area contributed by atoms with Gasteiger partial charge in [0.05, 0.1) is 6.10 Å². The lowest BCUT2D eigenvalue weighted by Gasteiger charge is -2.52. The number of phenolic OH excluding ortho intramolecular Hbond substituents is 1. The number of aliphatic hydroxyl groups excluding tert-OH is 1. The molecule has 0 aromatic heterocycles. The highest BCUT2D eigenvalue weighted by molar-refractivity contribution is 5.93. The molecule has 2 N–H and O–H groups in total. The van der Waals surface area contributed by atoms with Crippen LogP contribution in [0, 0.1) is 36.5 Å². The molecule has 2 saturated carbocycles. The highest BCUT2D eigenvalue weighted by Gasteiger charge is 2.56. The van der Waals surface area contributed by atoms with Gasteiger partial charge < -0.3 is 10.2 Å². The maximum Gasteiger partial charge on any atom is 0.156 e. The van der Waals surface area contributed by atoms with Gasteiger partial charge in [0.1, 0.15) is 5.75 Å². The number of carbonyl (C=O) groups excluding carboxylic acids is 1. The van der Waals surface area contributed by atoms with Crippen LogP contribution in [0.3, 0.4) is 0 Å². The number of benzene rings is 1. The third-order valence-electron chi connectivity index (χ3n) is 8.30. The first kappa shape index (κ1) is 25.3. The molecule has 0 saturated heterocycles. The molecule has 3 heteroatoms. The monoisotopic (exact) mass is 448 g/mol. The van der Waals surface area contributed by atoms with Gasteiger partial charge in [0.2, 0.25) is 0 Å². The lowest BCUT2D eigenvalue weighted by molar-refractivity contribution is -0.114. The second-order valence-electron chi connectivity index (χ2n) is 10.0. The van der Waals surface area contributed by atoms with E-state index in [1.807, 2.05) is 32.9 Å². The predicted octanol–water partition coefficient (Wildman–Crippen LogP) is 6.63. The fourth-order valence-electron chi connectivity index (χ4n) is 6.83. The van der Waals surface area contributed by atoms with E-state index in [2.05, 4.69) is 31.4 Å². The minimum atomic E-state index is -0.227. The summed E-state index contributed by atoms with van der Waals surface area (Å²) in [7, 11) is 0. The van der Waals surface area contributed by atoms with Crippen molar-refractivity contribution < 1.29 is 15.0 Å². The molecule has 0 radical (unpaired) electrons. The van der Waals surface area contributed by atoms with Crippen LogP contribution in [-0.2, 0) is 4.79 Å². The molecule has 0 heterocycles. The van der Waals surface area contributed by atoms with E-state index in [-0.39, 0.29) is 23.2 Å². The Labute approximate surface area is 200 Å². The topological polar surface area (TPSA) is 57.5 Å². The zero-order chi connectivity index (χ0) is 24.3. The minimum Gasteiger partial charge on any atom is -0.508 e. The Kier molecular flexibility index (Phi) is 7.91. The van der Waals surface area contributed by atoms with Crippen molar-refractivity contribution in [3.63, 3.8) is 0 Å². The molecule has 5 rings (SSSR count). The van der Waals surface area contributed by atoms with E-state index in [1.54, 1.807) is 12.5 Å². The Morgan fingerprint density at radius 1 is 1.12 bits per heavy atom. The molecule has 0 spiro atoms. The van der Waals surface area contributed by atoms with Gasteiger partial charge in [-0.1, -0.05) is 38.5 Å². The quantitative estimate of drug-likeness (QED) is 0.474. The van der Waals surface area contributed by atoms with Crippen molar-refractivity contribution in [1.29, 1.82) is 0 Å². The number of aliphatic hydroxyl groups is 1. The molecule has 0 bridgehead atoms. The number of rotatable bonds is 1. The van der Waals surface area contributed by atoms with Gasteiger partial charge in [0.25, 0.3) is 0 Å². The first-order valence-electron chi connectivity index (χ1n) is 12.6. The number of carbonyl (C=O) groups is 1. The van der Waals surface area contributed by atoms with Gasteiger partial charge >= 0.3 is 0 Å². The fraction of sp³-hybridized carbons (Fsp3) is 0.567. The molecular weight excluding hydrogens is 408 g/mol. The van der Waals surface area contributed by atoms with E-state index in [4.69, 9.17) is 0 Å². The summed E-state index contributed by atoms with van der Waals surface area (Å²) in [6.45, 7) is 9.91. The van der Waals surface area contributed by atoms with Crippen LogP contribution in [0.1, 0.15) is 89.7 Å². The molecule has 2 fully saturated rings. The molecule has 3 nitrogen and oxygen atoms in total. The number of hydrogen-bond donors (Lipinski definition) is 2. The van der Waals surface area contributed by atoms with Crippen molar-refractivity contribution in [3.05, 3.63) is 52.1 Å². The van der Waals surface area contributed by atoms with Crippen LogP contribution in [0.5, 0.6) is 5.75 Å². The standard InChI is InChI=1S/C25H30O3.C3H4.C2H6/c1-14-11-15(4-9-22(14)27)20-13-25(2)21(8-10-23(25)28)19-6-3-16-12-17(26)5-7-18(16)24(19)20;1-3-2;1-2/h4,9,11-12,19-21,23,27-28H,3,5-8,10,13H2,1-2H3;1H,2H3;1-2H3. The lowest BCUT2D eigenvalue weighted by atomic mass is 9.53. The molecule has 33 heavy (non-hydrogen) atoms. The first-order chi connectivity index (χ1) is 15.8. The van der Waals surface area contributed by atoms with E-state index in [1.165, 1.54) is 16.7 Å². The van der Waals surface area contributed by atoms with Crippen molar-refractivity contribution in [2.24, 2.45) is 17.3 Å². The van der Waals surface area contributed by atoms with Crippen LogP contribution >= 0.6 is 0 Å². The van der Waals surface area contributed by atoms with Crippen molar-refractivity contribution >= 4 is 5.78 Å². The maximum atomic E-state index is 12.0. The van der Waals surface area contributed by atoms with Gasteiger partial charge in [-0.05, 0) is 104 Å². The lowest BCUT2D eigenvalue weighted by Crippen LogP contribution is -2.45. The Bertz CT molecular complexity index is 992. The summed E-state index contributed by atoms with van der Waals surface area (Å²) < 4.78 is 0. The summed E-state index contributed by atoms with van der Waals surface area (Å²) in [5.74, 6) is 4.18. The summed E-state index contributed by atoms with van der Waals surface area (Å²) >= 11 is 0. The summed E-state index contributed by atoms with van der Waals surface area (Å²) in [6, 6.07) is 6.00. The fourth-order valence-corrected chi connectivity index (χ4v) is 6.83. The number of phenols is 1. The number of terminal acetylenes is 1. The minimum absolute atomic E-state index is 0.0448. The number of hydrogen-bond acceptors (Lipinski definition) is 3. The summed E-state index contributed by atoms with van der Waals surface area (Å²) in [4.78, 5) is 12.0. The second kappa shape index (κ2) is 10.3. The molecular formula is C30H40O3. The number of aryl methyl sites for hydroxylation is 1. The Morgan fingerprint density at radius 3 is 2.48 bits per heavy atom. The Hall–Kier alpha value is -2.31. The third-order valence-corrected chi connectivity index (χ3v) is 8.30. The normalized spacial score (nSPS) is 32.0. The smallest absolute Gasteiger partial charge is 0.156 e. The summed E-state index contributed by atoms with van der Waals surface area (Å²) in [5.41, 5.74) is 6.37. The highest BCUT2D eigenvalue weighted by atomic mass is 16.3. The van der Waals surface area contributed by atoms with Crippen molar-refractivity contribution in [2.45, 2.75) is 91.6 Å². The number of allylic oxidation sites excluding steroid dienone is 4. The Balaban J connectivity index is 0.000000569. The predicted molar refractivity (Wildman–Crippen MR) is 135 cm³/mol. The van der Waals surface area contributed by atoms with Crippen LogP contribution in [0.4, 0.5) is 0 Å². The number of fused-ring (bicyclic) bond motifs is 4. The second-order valence-corrected chi connectivity index (χ2v) is 10.0. The maximum absolute atomic E-state index is 12.0. The van der Waals surface area contributed by atoms with Crippen molar-refractivity contribution in [3.8, 4) is 18.1 Å². The number of aromatic hydroxyl groups is 1. The SMILES string of the molecule is C#CC.CC.Cc1cc(C2CC3(C)C(O)CCC3C3CCC4=CC(=O)CCC4=C23)ccc1O. The van der Waals surface area contributed by atoms with Crippen LogP contribution in [0.2, 0.25) is 0 Å². The average molecular weight is 449 g/mol. The van der Waals surface area contributed by atoms with E-state index in [0.717, 1.165) is 44.1 Å². The van der Waals surface area contributed by atoms with Crippen LogP contribution in [0.15, 0.2) is 41.0 Å². The molecule has 4 aliphatic rings. The van der Waals surface area contributed by atoms with E-state index in [9.17, 15) is 15.0 Å². The Morgan fingerprint density at radius 2 is 1.82 bits per heavy atom. The van der Waals surface area contributed by atoms with E-state index >= 15 is 0 Å². The molecule has 1 aromatic rings. The van der Waals surface area contributed by atoms with E-state index in [0.29, 0.717) is 24.0 Å². The average Bonchev–Trinajstić information content (AvgIpc) is 3.11. The van der Waals surface area contributed by atoms with Gasteiger partial charge in [-0.25, -0.2) is 0 Å². The number of ketones is 1. The zero-order valence-corrected chi connectivity index (χ0v) is 20.9. The van der Waals surface area contributed by atoms with Crippen molar-refractivity contribution in [1.82, 2.24) is 0 Å². The van der Waals surface area contributed by atoms with Crippen LogP contribution in [0.25, 0.3) is 0 Å². The molecule has 1 aromatic carbocycles. The summed E-state index contributed by atoms with van der Waals surface area (Å²) in [6.07, 6.45) is 12.8. The van der Waals surface area contributed by atoms with Crippen LogP contribution in [-0.4, -0.2) is 22.1 Å². The zero-order valence-electron chi connectivity index (χ0n) is 20.9. The van der Waals surface area contributed by atoms with Gasteiger partial charge in [0, 0.05) is 12.3 Å². The molecule has 4 aliphatic carbocycles. The molecule has 5 unspecified atom stereocenters. The highest BCUT2D eigenvalue weighted by Crippen LogP contribution is 2.63. The first-order valence-corrected chi connectivity index (χ1v) is 12.6. The molecule has 5 atom stereocenters. The summed E-state index contributed by atoms with van der Waals surface area (Å²) in [5, 5.41) is 20.9. The van der Waals surface area contributed by atoms with Gasteiger partial charge in [0.15, 0.2) is 5.78 Å². The van der Waals surface area contributed by atoms with Gasteiger partial charge in [-0.3, -0.25) is 4.79 Å². The third kappa shape index (κ3) is 4.56. The van der Waals surface area contributed by atoms with Crippen LogP contribution < -0.4 is 0 Å². The molecule has 178 valence electrons. The van der Waals surface area contributed by atoms with E-state index < -0.39 is 0 Å². The van der Waals surface area contributed by atoms with Gasteiger partial charge in [-0.2, -0.15) is 0 Å². The molecule has 0 aliphatic heterocycles. The largest absolute Gasteiger partial charge is 0.508 e. The molecule has 0 amide bonds. The van der Waals surface area contributed by atoms with Gasteiger partial charge in [-0.15, -0.1) is 12.3 Å².